The minimum absolute atomic E-state index is 0.00655. The Morgan fingerprint density at radius 1 is 0.816 bits per heavy atom. The van der Waals surface area contributed by atoms with E-state index >= 15 is 0 Å². The van der Waals surface area contributed by atoms with Gasteiger partial charge in [0.15, 0.2) is 5.78 Å². The summed E-state index contributed by atoms with van der Waals surface area (Å²) in [4.78, 5) is 36.7. The number of nitro groups is 1. The van der Waals surface area contributed by atoms with E-state index in [9.17, 15) is 14.9 Å². The Morgan fingerprint density at radius 3 is 1.68 bits per heavy atom. The molecule has 196 valence electrons. The molecule has 0 N–H and O–H groups in total. The second-order valence-corrected chi connectivity index (χ2v) is 9.32. The minimum atomic E-state index is -0.550. The van der Waals surface area contributed by atoms with Crippen LogP contribution in [0.2, 0.25) is 0 Å². The van der Waals surface area contributed by atoms with Crippen molar-refractivity contribution in [2.24, 2.45) is 22.1 Å². The number of carbonyl (C=O) groups is 1. The predicted octanol–water partition coefficient (Wildman–Crippen LogP) is 5.24. The number of piperidine rings is 1. The number of carbonyl (C=O) groups excluding carboxylic acids is 1. The van der Waals surface area contributed by atoms with Gasteiger partial charge in [-0.05, 0) is 37.1 Å². The summed E-state index contributed by atoms with van der Waals surface area (Å²) in [6, 6.07) is 22.1. The summed E-state index contributed by atoms with van der Waals surface area (Å²) in [6.45, 7) is 5.34. The van der Waals surface area contributed by atoms with Crippen molar-refractivity contribution >= 4 is 29.6 Å². The van der Waals surface area contributed by atoms with Crippen LogP contribution in [0.4, 0.5) is 11.4 Å². The van der Waals surface area contributed by atoms with E-state index in [2.05, 4.69) is 10.3 Å². The van der Waals surface area contributed by atoms with Crippen molar-refractivity contribution in [2.75, 3.05) is 18.0 Å². The van der Waals surface area contributed by atoms with Crippen molar-refractivity contribution in [3.8, 4) is 0 Å². The number of nitrogens with zero attached hydrogens (tertiary/aromatic N) is 4. The van der Waals surface area contributed by atoms with Gasteiger partial charge in [0.1, 0.15) is 13.2 Å². The number of rotatable bonds is 10. The van der Waals surface area contributed by atoms with Crippen LogP contribution in [0.5, 0.6) is 0 Å². The van der Waals surface area contributed by atoms with Gasteiger partial charge < -0.3 is 14.6 Å². The van der Waals surface area contributed by atoms with E-state index in [1.165, 1.54) is 24.6 Å². The van der Waals surface area contributed by atoms with Crippen LogP contribution in [0.3, 0.4) is 0 Å². The van der Waals surface area contributed by atoms with Gasteiger partial charge in [-0.3, -0.25) is 14.9 Å². The number of benzene rings is 3. The van der Waals surface area contributed by atoms with Gasteiger partial charge in [-0.2, -0.15) is 0 Å². The van der Waals surface area contributed by atoms with Gasteiger partial charge in [0.2, 0.25) is 0 Å². The summed E-state index contributed by atoms with van der Waals surface area (Å²) >= 11 is 0. The molecule has 0 bridgehead atoms. The molecule has 9 heteroatoms. The van der Waals surface area contributed by atoms with Crippen molar-refractivity contribution in [2.45, 2.75) is 27.1 Å². The summed E-state index contributed by atoms with van der Waals surface area (Å²) in [5, 5.41) is 19.2. The number of anilines is 1. The largest absolute Gasteiger partial charge is 0.391 e. The van der Waals surface area contributed by atoms with Gasteiger partial charge in [0, 0.05) is 30.9 Å². The average Bonchev–Trinajstić information content (AvgIpc) is 2.92. The number of oxime groups is 2. The zero-order valence-electron chi connectivity index (χ0n) is 21.4. The number of hydrogen-bond acceptors (Lipinski definition) is 8. The summed E-state index contributed by atoms with van der Waals surface area (Å²) in [7, 11) is 0. The summed E-state index contributed by atoms with van der Waals surface area (Å²) in [5.74, 6) is -1.15. The van der Waals surface area contributed by atoms with E-state index in [1.54, 1.807) is 12.1 Å². The lowest BCUT2D eigenvalue weighted by atomic mass is 9.88. The summed E-state index contributed by atoms with van der Waals surface area (Å²) in [5.41, 5.74) is 5.05. The molecule has 0 radical (unpaired) electrons. The highest BCUT2D eigenvalue weighted by molar-refractivity contribution is 6.05. The topological polar surface area (TPSA) is 107 Å². The third kappa shape index (κ3) is 7.25. The third-order valence-electron chi connectivity index (χ3n) is 6.33. The van der Waals surface area contributed by atoms with E-state index in [4.69, 9.17) is 9.68 Å². The zero-order chi connectivity index (χ0) is 26.9. The SMILES string of the molecule is Cc1ccc(CON=CC2CN(c3ccc([N+](=O)[O-])cc3)CC(C=NOCc3ccc(C)cc3)C2=O)cc1. The normalized spacial score (nSPS) is 17.7. The lowest BCUT2D eigenvalue weighted by Crippen LogP contribution is -2.48. The standard InChI is InChI=1S/C29H30N4O5/c1-21-3-7-23(8-4-21)19-37-30-15-25-17-32(27-11-13-28(14-12-27)33(35)36)18-26(29(25)34)16-31-38-20-24-9-5-22(2)6-10-24/h3-16,25-26H,17-20H2,1-2H3. The molecular weight excluding hydrogens is 484 g/mol. The van der Waals surface area contributed by atoms with E-state index in [1.807, 2.05) is 67.3 Å². The summed E-state index contributed by atoms with van der Waals surface area (Å²) in [6.07, 6.45) is 3.03. The Bertz CT molecular complexity index is 1220. The molecule has 1 aliphatic rings. The molecule has 9 nitrogen and oxygen atoms in total. The smallest absolute Gasteiger partial charge is 0.269 e. The fraction of sp³-hybridized carbons (Fsp3) is 0.276. The van der Waals surface area contributed by atoms with Crippen molar-refractivity contribution < 1.29 is 19.4 Å². The molecule has 1 saturated heterocycles. The van der Waals surface area contributed by atoms with E-state index in [0.29, 0.717) is 26.3 Å². The first-order chi connectivity index (χ1) is 18.4. The number of hydrogen-bond donors (Lipinski definition) is 0. The lowest BCUT2D eigenvalue weighted by Gasteiger charge is -2.35. The minimum Gasteiger partial charge on any atom is -0.391 e. The van der Waals surface area contributed by atoms with Gasteiger partial charge in [-0.15, -0.1) is 0 Å². The quantitative estimate of drug-likeness (QED) is 0.208. The van der Waals surface area contributed by atoms with Crippen LogP contribution in [0.15, 0.2) is 83.1 Å². The Labute approximate surface area is 221 Å². The van der Waals surface area contributed by atoms with Crippen LogP contribution in [-0.2, 0) is 27.7 Å². The zero-order valence-corrected chi connectivity index (χ0v) is 21.4. The van der Waals surface area contributed by atoms with Crippen LogP contribution in [-0.4, -0.2) is 36.2 Å². The first-order valence-electron chi connectivity index (χ1n) is 12.3. The Kier molecular flexibility index (Phi) is 8.81. The van der Waals surface area contributed by atoms with E-state index in [0.717, 1.165) is 27.9 Å². The molecule has 3 aromatic rings. The Morgan fingerprint density at radius 2 is 1.26 bits per heavy atom. The van der Waals surface area contributed by atoms with Crippen molar-refractivity contribution in [3.63, 3.8) is 0 Å². The van der Waals surface area contributed by atoms with Gasteiger partial charge in [-0.25, -0.2) is 0 Å². The second kappa shape index (κ2) is 12.6. The fourth-order valence-corrected chi connectivity index (χ4v) is 4.07. The molecule has 2 atom stereocenters. The molecule has 0 spiro atoms. The Balaban J connectivity index is 1.43. The molecular formula is C29H30N4O5. The van der Waals surface area contributed by atoms with E-state index < -0.39 is 16.8 Å². The van der Waals surface area contributed by atoms with Gasteiger partial charge >= 0.3 is 0 Å². The maximum atomic E-state index is 13.2. The van der Waals surface area contributed by atoms with Crippen LogP contribution in [0, 0.1) is 35.8 Å². The van der Waals surface area contributed by atoms with E-state index in [-0.39, 0.29) is 11.5 Å². The fourth-order valence-electron chi connectivity index (χ4n) is 4.07. The molecule has 2 unspecified atom stereocenters. The van der Waals surface area contributed by atoms with Crippen molar-refractivity contribution in [3.05, 3.63) is 105 Å². The number of Topliss-reactive ketones (excluding diaryl/α,β-unsaturated/α-hetero) is 1. The van der Waals surface area contributed by atoms with Gasteiger partial charge in [0.25, 0.3) is 5.69 Å². The van der Waals surface area contributed by atoms with Crippen LogP contribution < -0.4 is 4.90 Å². The summed E-state index contributed by atoms with van der Waals surface area (Å²) < 4.78 is 0. The molecule has 0 amide bonds. The van der Waals surface area contributed by atoms with Crippen LogP contribution in [0.1, 0.15) is 22.3 Å². The van der Waals surface area contributed by atoms with Crippen LogP contribution >= 0.6 is 0 Å². The lowest BCUT2D eigenvalue weighted by molar-refractivity contribution is -0.384. The van der Waals surface area contributed by atoms with Crippen molar-refractivity contribution in [1.82, 2.24) is 0 Å². The van der Waals surface area contributed by atoms with Crippen molar-refractivity contribution in [1.29, 1.82) is 0 Å². The number of ketones is 1. The number of nitro benzene ring substituents is 1. The molecule has 1 aliphatic heterocycles. The maximum absolute atomic E-state index is 13.2. The molecule has 0 saturated carbocycles. The average molecular weight is 515 g/mol. The highest BCUT2D eigenvalue weighted by atomic mass is 16.6. The number of aryl methyl sites for hydroxylation is 2. The molecule has 38 heavy (non-hydrogen) atoms. The first kappa shape index (κ1) is 26.5. The second-order valence-electron chi connectivity index (χ2n) is 9.32. The highest BCUT2D eigenvalue weighted by Gasteiger charge is 2.34. The third-order valence-corrected chi connectivity index (χ3v) is 6.33. The van der Waals surface area contributed by atoms with Gasteiger partial charge in [-0.1, -0.05) is 70.0 Å². The molecule has 3 aromatic carbocycles. The predicted molar refractivity (Wildman–Crippen MR) is 146 cm³/mol. The van der Waals surface area contributed by atoms with Gasteiger partial charge in [0.05, 0.1) is 29.2 Å². The molecule has 1 fully saturated rings. The molecule has 0 aromatic heterocycles. The monoisotopic (exact) mass is 514 g/mol. The highest BCUT2D eigenvalue weighted by Crippen LogP contribution is 2.25. The molecule has 4 rings (SSSR count). The van der Waals surface area contributed by atoms with Crippen LogP contribution in [0.25, 0.3) is 0 Å². The molecule has 0 aliphatic carbocycles. The maximum Gasteiger partial charge on any atom is 0.269 e. The number of non-ortho nitro benzene ring substituents is 1. The molecule has 1 heterocycles. The Hall–Kier alpha value is -4.53. The first-order valence-corrected chi connectivity index (χ1v) is 12.3.